The van der Waals surface area contributed by atoms with Crippen LogP contribution in [0.5, 0.6) is 0 Å². The number of rotatable bonds is 8. The molecule has 0 bridgehead atoms. The largest absolute Gasteiger partial charge is 0.356 e. The van der Waals surface area contributed by atoms with Gasteiger partial charge in [0.25, 0.3) is 5.91 Å². The van der Waals surface area contributed by atoms with E-state index in [9.17, 15) is 9.59 Å². The first kappa shape index (κ1) is 21.4. The van der Waals surface area contributed by atoms with Crippen molar-refractivity contribution in [1.29, 1.82) is 0 Å². The standard InChI is InChI=1S/C25H34N2O2/c1-3-5-9-19(4-2)18-26-24(28)21-14-16-27(17-15-21)25(29)23-13-8-11-20-10-6-7-12-22(20)23/h6-8,10-13,19,21H,3-5,9,14-18H2,1-2H3,(H,26,28)/t19-/m0/s1. The predicted molar refractivity (Wildman–Crippen MR) is 119 cm³/mol. The molecule has 4 heteroatoms. The zero-order valence-corrected chi connectivity index (χ0v) is 17.8. The highest BCUT2D eigenvalue weighted by atomic mass is 16.2. The molecule has 0 saturated carbocycles. The predicted octanol–water partition coefficient (Wildman–Crippen LogP) is 5.02. The monoisotopic (exact) mass is 394 g/mol. The average molecular weight is 395 g/mol. The van der Waals surface area contributed by atoms with Gasteiger partial charge in [-0.25, -0.2) is 0 Å². The first-order chi connectivity index (χ1) is 14.1. The summed E-state index contributed by atoms with van der Waals surface area (Å²) < 4.78 is 0. The van der Waals surface area contributed by atoms with E-state index in [1.165, 1.54) is 19.3 Å². The number of nitrogens with zero attached hydrogens (tertiary/aromatic N) is 1. The number of amides is 2. The van der Waals surface area contributed by atoms with Crippen LogP contribution in [0.2, 0.25) is 0 Å². The molecule has 4 nitrogen and oxygen atoms in total. The molecule has 2 amide bonds. The minimum atomic E-state index is 0.0234. The first-order valence-corrected chi connectivity index (χ1v) is 11.2. The molecule has 2 aromatic rings. The van der Waals surface area contributed by atoms with Crippen molar-refractivity contribution in [3.8, 4) is 0 Å². The van der Waals surface area contributed by atoms with Gasteiger partial charge in [0.1, 0.15) is 0 Å². The number of carbonyl (C=O) groups is 2. The summed E-state index contributed by atoms with van der Waals surface area (Å²) >= 11 is 0. The molecule has 1 heterocycles. The van der Waals surface area contributed by atoms with E-state index in [4.69, 9.17) is 0 Å². The lowest BCUT2D eigenvalue weighted by Gasteiger charge is -2.32. The van der Waals surface area contributed by atoms with Gasteiger partial charge in [-0.05, 0) is 42.0 Å². The van der Waals surface area contributed by atoms with Crippen molar-refractivity contribution >= 4 is 22.6 Å². The SMILES string of the molecule is CCCC[C@H](CC)CNC(=O)C1CCN(C(=O)c2cccc3ccccc23)CC1. The van der Waals surface area contributed by atoms with E-state index in [2.05, 4.69) is 19.2 Å². The van der Waals surface area contributed by atoms with Crippen molar-refractivity contribution in [1.82, 2.24) is 10.2 Å². The number of likely N-dealkylation sites (tertiary alicyclic amines) is 1. The Morgan fingerprint density at radius 3 is 2.52 bits per heavy atom. The summed E-state index contributed by atoms with van der Waals surface area (Å²) in [5.74, 6) is 0.839. The number of hydrogen-bond donors (Lipinski definition) is 1. The molecule has 1 aliphatic rings. The Balaban J connectivity index is 1.53. The van der Waals surface area contributed by atoms with Gasteiger partial charge < -0.3 is 10.2 Å². The fourth-order valence-electron chi connectivity index (χ4n) is 4.26. The van der Waals surface area contributed by atoms with E-state index in [-0.39, 0.29) is 17.7 Å². The molecule has 1 N–H and O–H groups in total. The van der Waals surface area contributed by atoms with Crippen LogP contribution in [0.15, 0.2) is 42.5 Å². The molecule has 156 valence electrons. The maximum atomic E-state index is 13.1. The summed E-state index contributed by atoms with van der Waals surface area (Å²) in [6.45, 7) is 6.48. The Kier molecular flexibility index (Phi) is 7.68. The van der Waals surface area contributed by atoms with E-state index < -0.39 is 0 Å². The Labute approximate surface area is 174 Å². The quantitative estimate of drug-likeness (QED) is 0.683. The van der Waals surface area contributed by atoms with Gasteiger partial charge in [-0.2, -0.15) is 0 Å². The number of benzene rings is 2. The number of fused-ring (bicyclic) bond motifs is 1. The molecule has 0 unspecified atom stereocenters. The Morgan fingerprint density at radius 1 is 1.07 bits per heavy atom. The van der Waals surface area contributed by atoms with Crippen LogP contribution in [0.25, 0.3) is 10.8 Å². The molecule has 0 aliphatic carbocycles. The van der Waals surface area contributed by atoms with Gasteiger partial charge in [0, 0.05) is 31.1 Å². The lowest BCUT2D eigenvalue weighted by atomic mass is 9.94. The van der Waals surface area contributed by atoms with Crippen LogP contribution >= 0.6 is 0 Å². The van der Waals surface area contributed by atoms with Crippen LogP contribution in [0, 0.1) is 11.8 Å². The van der Waals surface area contributed by atoms with Crippen molar-refractivity contribution in [2.24, 2.45) is 11.8 Å². The highest BCUT2D eigenvalue weighted by Crippen LogP contribution is 2.24. The summed E-state index contributed by atoms with van der Waals surface area (Å²) in [5.41, 5.74) is 0.757. The lowest BCUT2D eigenvalue weighted by molar-refractivity contribution is -0.126. The topological polar surface area (TPSA) is 49.4 Å². The van der Waals surface area contributed by atoms with E-state index in [1.807, 2.05) is 47.4 Å². The van der Waals surface area contributed by atoms with Gasteiger partial charge in [0.05, 0.1) is 0 Å². The van der Waals surface area contributed by atoms with Gasteiger partial charge >= 0.3 is 0 Å². The summed E-state index contributed by atoms with van der Waals surface area (Å²) in [4.78, 5) is 27.6. The molecule has 1 aliphatic heterocycles. The number of nitrogens with one attached hydrogen (secondary N) is 1. The van der Waals surface area contributed by atoms with Crippen LogP contribution in [-0.2, 0) is 4.79 Å². The molecule has 29 heavy (non-hydrogen) atoms. The third kappa shape index (κ3) is 5.37. The maximum absolute atomic E-state index is 13.1. The van der Waals surface area contributed by atoms with Gasteiger partial charge in [0.2, 0.25) is 5.91 Å². The molecule has 1 saturated heterocycles. The number of piperidine rings is 1. The van der Waals surface area contributed by atoms with Crippen molar-refractivity contribution in [3.05, 3.63) is 48.0 Å². The first-order valence-electron chi connectivity index (χ1n) is 11.2. The Morgan fingerprint density at radius 2 is 1.79 bits per heavy atom. The fraction of sp³-hybridized carbons (Fsp3) is 0.520. The molecule has 1 atom stereocenters. The second kappa shape index (κ2) is 10.4. The smallest absolute Gasteiger partial charge is 0.254 e. The summed E-state index contributed by atoms with van der Waals surface area (Å²) in [5, 5.41) is 5.25. The van der Waals surface area contributed by atoms with Crippen molar-refractivity contribution in [2.75, 3.05) is 19.6 Å². The minimum absolute atomic E-state index is 0.0234. The van der Waals surface area contributed by atoms with Crippen LogP contribution < -0.4 is 5.32 Å². The van der Waals surface area contributed by atoms with Crippen LogP contribution in [0.4, 0.5) is 0 Å². The second-order valence-corrected chi connectivity index (χ2v) is 8.25. The van der Waals surface area contributed by atoms with Gasteiger partial charge in [0.15, 0.2) is 0 Å². The highest BCUT2D eigenvalue weighted by molar-refractivity contribution is 6.07. The van der Waals surface area contributed by atoms with E-state index in [1.54, 1.807) is 0 Å². The van der Waals surface area contributed by atoms with Crippen molar-refractivity contribution < 1.29 is 9.59 Å². The van der Waals surface area contributed by atoms with Gasteiger partial charge in [-0.15, -0.1) is 0 Å². The molecule has 0 aromatic heterocycles. The fourth-order valence-corrected chi connectivity index (χ4v) is 4.26. The maximum Gasteiger partial charge on any atom is 0.254 e. The zero-order valence-electron chi connectivity index (χ0n) is 17.8. The van der Waals surface area contributed by atoms with Crippen molar-refractivity contribution in [2.45, 2.75) is 52.4 Å². The third-order valence-electron chi connectivity index (χ3n) is 6.28. The minimum Gasteiger partial charge on any atom is -0.356 e. The molecule has 1 fully saturated rings. The molecule has 0 spiro atoms. The normalized spacial score (nSPS) is 16.0. The van der Waals surface area contributed by atoms with Crippen molar-refractivity contribution in [3.63, 3.8) is 0 Å². The van der Waals surface area contributed by atoms with E-state index in [0.29, 0.717) is 19.0 Å². The molecular weight excluding hydrogens is 360 g/mol. The van der Waals surface area contributed by atoms with Gasteiger partial charge in [-0.3, -0.25) is 9.59 Å². The molecule has 3 rings (SSSR count). The third-order valence-corrected chi connectivity index (χ3v) is 6.28. The van der Waals surface area contributed by atoms with Gasteiger partial charge in [-0.1, -0.05) is 69.5 Å². The second-order valence-electron chi connectivity index (χ2n) is 8.25. The summed E-state index contributed by atoms with van der Waals surface area (Å²) in [6.07, 6.45) is 6.21. The Bertz CT molecular complexity index is 819. The summed E-state index contributed by atoms with van der Waals surface area (Å²) in [7, 11) is 0. The molecule has 0 radical (unpaired) electrons. The van der Waals surface area contributed by atoms with Crippen LogP contribution in [0.1, 0.15) is 62.7 Å². The molecule has 2 aromatic carbocycles. The van der Waals surface area contributed by atoms with Crippen LogP contribution in [-0.4, -0.2) is 36.3 Å². The average Bonchev–Trinajstić information content (AvgIpc) is 2.78. The van der Waals surface area contributed by atoms with Crippen LogP contribution in [0.3, 0.4) is 0 Å². The van der Waals surface area contributed by atoms with E-state index in [0.717, 1.165) is 42.1 Å². The Hall–Kier alpha value is -2.36. The number of carbonyl (C=O) groups excluding carboxylic acids is 2. The van der Waals surface area contributed by atoms with E-state index >= 15 is 0 Å². The summed E-state index contributed by atoms with van der Waals surface area (Å²) in [6, 6.07) is 13.9. The molecular formula is C25H34N2O2. The lowest BCUT2D eigenvalue weighted by Crippen LogP contribution is -2.43. The number of unbranched alkanes of at least 4 members (excludes halogenated alkanes) is 1. The number of hydrogen-bond acceptors (Lipinski definition) is 2. The zero-order chi connectivity index (χ0) is 20.6. The highest BCUT2D eigenvalue weighted by Gasteiger charge is 2.28.